The van der Waals surface area contributed by atoms with Crippen LogP contribution in [-0.2, 0) is 4.79 Å². The Morgan fingerprint density at radius 3 is 2.50 bits per heavy atom. The van der Waals surface area contributed by atoms with Crippen LogP contribution in [0.25, 0.3) is 6.08 Å². The lowest BCUT2D eigenvalue weighted by atomic mass is 10.1. The van der Waals surface area contributed by atoms with E-state index in [4.69, 9.17) is 5.73 Å². The van der Waals surface area contributed by atoms with E-state index in [0.29, 0.717) is 12.0 Å². The highest BCUT2D eigenvalue weighted by Crippen LogP contribution is 2.21. The quantitative estimate of drug-likeness (QED) is 0.480. The summed E-state index contributed by atoms with van der Waals surface area (Å²) in [4.78, 5) is 24.9. The van der Waals surface area contributed by atoms with Crippen molar-refractivity contribution >= 4 is 18.1 Å². The van der Waals surface area contributed by atoms with Gasteiger partial charge in [0.2, 0.25) is 0 Å². The minimum atomic E-state index is -1.25. The Balaban J connectivity index is 2.37. The smallest absolute Gasteiger partial charge is 0.278 e. The lowest BCUT2D eigenvalue weighted by molar-refractivity contribution is -0.502. The second-order valence-electron chi connectivity index (χ2n) is 3.89. The van der Waals surface area contributed by atoms with Gasteiger partial charge in [0.25, 0.3) is 6.04 Å². The number of nitrogens with zero attached hydrogens (tertiary/aromatic N) is 2. The molecule has 6 heteroatoms. The first kappa shape index (κ1) is 12.1. The number of hydrogen-bond donors (Lipinski definition) is 1. The van der Waals surface area contributed by atoms with Crippen molar-refractivity contribution in [3.05, 3.63) is 51.7 Å². The third-order valence-electron chi connectivity index (χ3n) is 2.70. The number of carbonyl (C=O) groups excluding carboxylic acids is 1. The average molecular weight is 245 g/mol. The maximum Gasteiger partial charge on any atom is 0.278 e. The van der Waals surface area contributed by atoms with Crippen molar-refractivity contribution in [3.8, 4) is 0 Å². The van der Waals surface area contributed by atoms with Crippen molar-refractivity contribution in [2.24, 2.45) is 10.7 Å². The SMILES string of the molecule is NC1C(=Cc2ccccc2)N=C(C=O)C1[N+](=O)[O-]. The van der Waals surface area contributed by atoms with Crippen molar-refractivity contribution in [1.29, 1.82) is 0 Å². The van der Waals surface area contributed by atoms with E-state index >= 15 is 0 Å². The fourth-order valence-corrected chi connectivity index (χ4v) is 1.82. The fraction of sp³-hybridized carbons (Fsp3) is 0.167. The fourth-order valence-electron chi connectivity index (χ4n) is 1.82. The summed E-state index contributed by atoms with van der Waals surface area (Å²) in [6, 6.07) is 7.05. The number of nitro groups is 1. The Hall–Kier alpha value is -2.34. The van der Waals surface area contributed by atoms with Crippen molar-refractivity contribution in [2.45, 2.75) is 12.1 Å². The number of hydrogen-bond acceptors (Lipinski definition) is 5. The van der Waals surface area contributed by atoms with E-state index in [9.17, 15) is 14.9 Å². The van der Waals surface area contributed by atoms with Gasteiger partial charge in [0.1, 0.15) is 6.04 Å². The standard InChI is InChI=1S/C12H11N3O3/c13-11-9(6-8-4-2-1-3-5-8)14-10(7-16)12(11)15(17)18/h1-7,11-12H,13H2. The number of aldehydes is 1. The Kier molecular flexibility index (Phi) is 3.29. The lowest BCUT2D eigenvalue weighted by Crippen LogP contribution is -2.42. The van der Waals surface area contributed by atoms with Gasteiger partial charge in [-0.15, -0.1) is 0 Å². The van der Waals surface area contributed by atoms with Crippen LogP contribution >= 0.6 is 0 Å². The first-order valence-electron chi connectivity index (χ1n) is 5.33. The normalized spacial score (nSPS) is 24.9. The van der Waals surface area contributed by atoms with Gasteiger partial charge in [-0.2, -0.15) is 0 Å². The molecular weight excluding hydrogens is 234 g/mol. The summed E-state index contributed by atoms with van der Waals surface area (Å²) < 4.78 is 0. The average Bonchev–Trinajstić information content (AvgIpc) is 2.67. The van der Waals surface area contributed by atoms with E-state index in [1.807, 2.05) is 30.3 Å². The summed E-state index contributed by atoms with van der Waals surface area (Å²) in [5.41, 5.74) is 6.81. The van der Waals surface area contributed by atoms with Crippen molar-refractivity contribution < 1.29 is 9.72 Å². The van der Waals surface area contributed by atoms with Crippen LogP contribution in [0.1, 0.15) is 5.56 Å². The molecule has 1 aromatic rings. The molecule has 1 aliphatic rings. The van der Waals surface area contributed by atoms with Gasteiger partial charge in [0, 0.05) is 4.92 Å². The van der Waals surface area contributed by atoms with Gasteiger partial charge >= 0.3 is 0 Å². The highest BCUT2D eigenvalue weighted by atomic mass is 16.6. The van der Waals surface area contributed by atoms with E-state index in [-0.39, 0.29) is 5.71 Å². The van der Waals surface area contributed by atoms with Crippen LogP contribution < -0.4 is 5.73 Å². The van der Waals surface area contributed by atoms with Gasteiger partial charge in [-0.25, -0.2) is 4.99 Å². The van der Waals surface area contributed by atoms with Crippen LogP contribution in [0.15, 0.2) is 41.0 Å². The first-order valence-corrected chi connectivity index (χ1v) is 5.33. The molecule has 2 atom stereocenters. The number of nitrogens with two attached hydrogens (primary N) is 1. The first-order chi connectivity index (χ1) is 8.63. The summed E-state index contributed by atoms with van der Waals surface area (Å²) in [6.07, 6.45) is 2.04. The molecule has 2 unspecified atom stereocenters. The molecule has 0 amide bonds. The maximum absolute atomic E-state index is 10.8. The summed E-state index contributed by atoms with van der Waals surface area (Å²) in [6.45, 7) is 0. The van der Waals surface area contributed by atoms with Gasteiger partial charge in [-0.3, -0.25) is 14.9 Å². The Morgan fingerprint density at radius 2 is 2.00 bits per heavy atom. The molecule has 1 heterocycles. The molecular formula is C12H11N3O3. The molecule has 2 rings (SSSR count). The van der Waals surface area contributed by atoms with Crippen LogP contribution in [0.2, 0.25) is 0 Å². The molecule has 2 N–H and O–H groups in total. The van der Waals surface area contributed by atoms with Crippen molar-refractivity contribution in [3.63, 3.8) is 0 Å². The summed E-state index contributed by atoms with van der Waals surface area (Å²) in [5.74, 6) is 0. The van der Waals surface area contributed by atoms with Crippen LogP contribution in [0.5, 0.6) is 0 Å². The van der Waals surface area contributed by atoms with E-state index in [1.165, 1.54) is 0 Å². The minimum absolute atomic E-state index is 0.130. The highest BCUT2D eigenvalue weighted by Gasteiger charge is 2.41. The molecule has 0 fully saturated rings. The van der Waals surface area contributed by atoms with E-state index in [0.717, 1.165) is 5.56 Å². The molecule has 0 bridgehead atoms. The predicted octanol–water partition coefficient (Wildman–Crippen LogP) is 0.654. The predicted molar refractivity (Wildman–Crippen MR) is 66.7 cm³/mol. The van der Waals surface area contributed by atoms with Crippen molar-refractivity contribution in [1.82, 2.24) is 0 Å². The zero-order valence-electron chi connectivity index (χ0n) is 9.39. The molecule has 0 radical (unpaired) electrons. The number of rotatable bonds is 3. The molecule has 1 aromatic carbocycles. The van der Waals surface area contributed by atoms with Crippen LogP contribution in [0.3, 0.4) is 0 Å². The topological polar surface area (TPSA) is 98.6 Å². The zero-order valence-corrected chi connectivity index (χ0v) is 9.39. The van der Waals surface area contributed by atoms with Crippen LogP contribution in [0, 0.1) is 10.1 Å². The number of aliphatic imine (C=N–C) groups is 1. The van der Waals surface area contributed by atoms with Gasteiger partial charge in [0.05, 0.1) is 5.70 Å². The third-order valence-corrected chi connectivity index (χ3v) is 2.70. The molecule has 0 aromatic heterocycles. The second-order valence-corrected chi connectivity index (χ2v) is 3.89. The number of benzene rings is 1. The van der Waals surface area contributed by atoms with E-state index < -0.39 is 17.0 Å². The largest absolute Gasteiger partial charge is 0.317 e. The Bertz CT molecular complexity index is 537. The zero-order chi connectivity index (χ0) is 13.1. The number of carbonyl (C=O) groups is 1. The molecule has 92 valence electrons. The molecule has 1 aliphatic heterocycles. The Morgan fingerprint density at radius 1 is 1.33 bits per heavy atom. The maximum atomic E-state index is 10.8. The molecule has 0 aliphatic carbocycles. The Labute approximate surface area is 103 Å². The summed E-state index contributed by atoms with van der Waals surface area (Å²) in [7, 11) is 0. The van der Waals surface area contributed by atoms with Crippen LogP contribution in [-0.4, -0.2) is 29.0 Å². The molecule has 0 saturated carbocycles. The van der Waals surface area contributed by atoms with E-state index in [2.05, 4.69) is 4.99 Å². The monoisotopic (exact) mass is 245 g/mol. The molecule has 0 saturated heterocycles. The van der Waals surface area contributed by atoms with Gasteiger partial charge in [-0.05, 0) is 11.6 Å². The second kappa shape index (κ2) is 4.89. The summed E-state index contributed by atoms with van der Waals surface area (Å²) in [5, 5.41) is 10.8. The lowest BCUT2D eigenvalue weighted by Gasteiger charge is -2.07. The minimum Gasteiger partial charge on any atom is -0.317 e. The van der Waals surface area contributed by atoms with Gasteiger partial charge < -0.3 is 5.73 Å². The van der Waals surface area contributed by atoms with Gasteiger partial charge in [0.15, 0.2) is 12.0 Å². The van der Waals surface area contributed by atoms with Crippen molar-refractivity contribution in [2.75, 3.05) is 0 Å². The molecule has 0 spiro atoms. The third kappa shape index (κ3) is 2.18. The molecule has 6 nitrogen and oxygen atoms in total. The highest BCUT2D eigenvalue weighted by molar-refractivity contribution is 6.32. The van der Waals surface area contributed by atoms with E-state index in [1.54, 1.807) is 6.08 Å². The van der Waals surface area contributed by atoms with Gasteiger partial charge in [-0.1, -0.05) is 30.3 Å². The van der Waals surface area contributed by atoms with Crippen LogP contribution in [0.4, 0.5) is 0 Å². The molecule has 18 heavy (non-hydrogen) atoms. The summed E-state index contributed by atoms with van der Waals surface area (Å²) >= 11 is 0.